The summed E-state index contributed by atoms with van der Waals surface area (Å²) in [7, 11) is 0. The van der Waals surface area contributed by atoms with Crippen LogP contribution < -0.4 is 10.6 Å². The fourth-order valence-corrected chi connectivity index (χ4v) is 5.43. The van der Waals surface area contributed by atoms with Crippen molar-refractivity contribution >= 4 is 29.4 Å². The van der Waals surface area contributed by atoms with Gasteiger partial charge in [0.15, 0.2) is 17.5 Å². The summed E-state index contributed by atoms with van der Waals surface area (Å²) in [4.78, 5) is 53.4. The smallest absolute Gasteiger partial charge is 0.325 e. The zero-order valence-corrected chi connectivity index (χ0v) is 20.3. The molecule has 1 aliphatic heterocycles. The summed E-state index contributed by atoms with van der Waals surface area (Å²) >= 11 is 0. The van der Waals surface area contributed by atoms with Crippen LogP contribution in [0.3, 0.4) is 0 Å². The molecule has 1 saturated carbocycles. The summed E-state index contributed by atoms with van der Waals surface area (Å²) in [5.74, 6) is -6.41. The third-order valence-electron chi connectivity index (χ3n) is 6.41. The van der Waals surface area contributed by atoms with Crippen LogP contribution in [0.4, 0.5) is 23.7 Å². The molecule has 2 fully saturated rings. The minimum absolute atomic E-state index is 0.130. The standard InChI is InChI=1S/C24H31F3N4O4/c1-5-8-30(11-17(32)28-16-7-6-15(25)19(26)20(16)27)18(33)12-31-21(34)24(29-22(31)35)10-14(2)9-23(3,4)13-24/h6-7,14H,5,8-13H2,1-4H3,(H,28,32)(H,29,35)/t14-,24-/m1/s1. The summed E-state index contributed by atoms with van der Waals surface area (Å²) in [6, 6.07) is 0.888. The molecule has 8 nitrogen and oxygen atoms in total. The van der Waals surface area contributed by atoms with E-state index in [1.165, 1.54) is 0 Å². The number of hydrogen-bond acceptors (Lipinski definition) is 4. The van der Waals surface area contributed by atoms with Gasteiger partial charge in [-0.1, -0.05) is 27.7 Å². The van der Waals surface area contributed by atoms with E-state index < -0.39 is 65.5 Å². The molecule has 0 bridgehead atoms. The first kappa shape index (κ1) is 26.5. The fraction of sp³-hybridized carbons (Fsp3) is 0.583. The van der Waals surface area contributed by atoms with E-state index in [2.05, 4.69) is 10.6 Å². The van der Waals surface area contributed by atoms with Crippen LogP contribution in [0.2, 0.25) is 0 Å². The molecule has 2 N–H and O–H groups in total. The summed E-state index contributed by atoms with van der Waals surface area (Å²) in [5, 5.41) is 4.92. The quantitative estimate of drug-likeness (QED) is 0.446. The largest absolute Gasteiger partial charge is 0.332 e. The predicted molar refractivity (Wildman–Crippen MR) is 122 cm³/mol. The Morgan fingerprint density at radius 3 is 2.49 bits per heavy atom. The summed E-state index contributed by atoms with van der Waals surface area (Å²) in [6.45, 7) is 6.92. The van der Waals surface area contributed by atoms with Crippen LogP contribution in [0.15, 0.2) is 12.1 Å². The van der Waals surface area contributed by atoms with Gasteiger partial charge in [0.05, 0.1) is 12.2 Å². The second kappa shape index (κ2) is 9.87. The van der Waals surface area contributed by atoms with E-state index in [4.69, 9.17) is 0 Å². The lowest BCUT2D eigenvalue weighted by Gasteiger charge is -2.43. The van der Waals surface area contributed by atoms with Crippen LogP contribution >= 0.6 is 0 Å². The zero-order valence-electron chi connectivity index (χ0n) is 20.3. The van der Waals surface area contributed by atoms with Gasteiger partial charge in [0.25, 0.3) is 5.91 Å². The van der Waals surface area contributed by atoms with Crippen molar-refractivity contribution in [2.45, 2.75) is 58.9 Å². The summed E-state index contributed by atoms with van der Waals surface area (Å²) in [6.07, 6.45) is 2.32. The molecule has 0 radical (unpaired) electrons. The first-order valence-electron chi connectivity index (χ1n) is 11.6. The van der Waals surface area contributed by atoms with Gasteiger partial charge in [-0.2, -0.15) is 0 Å². The third-order valence-corrected chi connectivity index (χ3v) is 6.41. The van der Waals surface area contributed by atoms with Crippen molar-refractivity contribution in [2.75, 3.05) is 25.0 Å². The number of nitrogens with one attached hydrogen (secondary N) is 2. The van der Waals surface area contributed by atoms with Gasteiger partial charge < -0.3 is 15.5 Å². The zero-order chi connectivity index (χ0) is 26.1. The second-order valence-electron chi connectivity index (χ2n) is 10.3. The maximum absolute atomic E-state index is 13.9. The number of carbonyl (C=O) groups excluding carboxylic acids is 4. The van der Waals surface area contributed by atoms with Crippen molar-refractivity contribution in [2.24, 2.45) is 11.3 Å². The Labute approximate surface area is 202 Å². The topological polar surface area (TPSA) is 98.8 Å². The van der Waals surface area contributed by atoms with Crippen molar-refractivity contribution in [1.82, 2.24) is 15.1 Å². The number of anilines is 1. The molecular formula is C24H31F3N4O4. The number of benzene rings is 1. The van der Waals surface area contributed by atoms with Gasteiger partial charge in [0.1, 0.15) is 12.1 Å². The molecule has 0 aromatic heterocycles. The number of halogens is 3. The minimum Gasteiger partial charge on any atom is -0.332 e. The maximum Gasteiger partial charge on any atom is 0.325 e. The van der Waals surface area contributed by atoms with Crippen LogP contribution in [0.25, 0.3) is 0 Å². The average Bonchev–Trinajstić information content (AvgIpc) is 2.95. The van der Waals surface area contributed by atoms with Crippen LogP contribution in [-0.2, 0) is 14.4 Å². The summed E-state index contributed by atoms with van der Waals surface area (Å²) in [5.41, 5.74) is -1.79. The lowest BCUT2D eigenvalue weighted by atomic mass is 9.64. The molecule has 192 valence electrons. The van der Waals surface area contributed by atoms with Crippen molar-refractivity contribution in [3.05, 3.63) is 29.6 Å². The molecule has 5 amide bonds. The Balaban J connectivity index is 1.69. The fourth-order valence-electron chi connectivity index (χ4n) is 5.43. The van der Waals surface area contributed by atoms with Crippen LogP contribution in [0.5, 0.6) is 0 Å². The second-order valence-corrected chi connectivity index (χ2v) is 10.3. The Morgan fingerprint density at radius 2 is 1.86 bits per heavy atom. The Bertz CT molecular complexity index is 1050. The Hall–Kier alpha value is -3.11. The number of imide groups is 1. The highest BCUT2D eigenvalue weighted by molar-refractivity contribution is 6.09. The highest BCUT2D eigenvalue weighted by Gasteiger charge is 2.56. The van der Waals surface area contributed by atoms with Gasteiger partial charge in [-0.25, -0.2) is 18.0 Å². The molecule has 1 spiro atoms. The van der Waals surface area contributed by atoms with Gasteiger partial charge in [-0.15, -0.1) is 0 Å². The average molecular weight is 497 g/mol. The normalized spacial score (nSPS) is 23.4. The van der Waals surface area contributed by atoms with Crippen LogP contribution in [-0.4, -0.2) is 58.7 Å². The number of amides is 5. The molecule has 35 heavy (non-hydrogen) atoms. The van der Waals surface area contributed by atoms with Crippen molar-refractivity contribution < 1.29 is 32.3 Å². The first-order valence-corrected chi connectivity index (χ1v) is 11.6. The highest BCUT2D eigenvalue weighted by atomic mass is 19.2. The van der Waals surface area contributed by atoms with E-state index in [9.17, 15) is 32.3 Å². The number of rotatable bonds is 7. The lowest BCUT2D eigenvalue weighted by molar-refractivity contribution is -0.141. The molecule has 11 heteroatoms. The van der Waals surface area contributed by atoms with Gasteiger partial charge in [-0.3, -0.25) is 19.3 Å². The number of carbonyl (C=O) groups is 4. The van der Waals surface area contributed by atoms with Crippen molar-refractivity contribution in [1.29, 1.82) is 0 Å². The molecule has 1 aromatic carbocycles. The summed E-state index contributed by atoms with van der Waals surface area (Å²) < 4.78 is 40.4. The number of urea groups is 1. The van der Waals surface area contributed by atoms with Gasteiger partial charge in [-0.05, 0) is 49.1 Å². The molecule has 0 unspecified atom stereocenters. The van der Waals surface area contributed by atoms with Gasteiger partial charge in [0, 0.05) is 6.54 Å². The van der Waals surface area contributed by atoms with E-state index in [-0.39, 0.29) is 17.9 Å². The van der Waals surface area contributed by atoms with E-state index in [0.717, 1.165) is 22.3 Å². The van der Waals surface area contributed by atoms with Crippen molar-refractivity contribution in [3.8, 4) is 0 Å². The van der Waals surface area contributed by atoms with Gasteiger partial charge >= 0.3 is 6.03 Å². The molecule has 1 aromatic rings. The number of hydrogen-bond donors (Lipinski definition) is 2. The maximum atomic E-state index is 13.9. The van der Waals surface area contributed by atoms with Crippen LogP contribution in [0.1, 0.15) is 53.4 Å². The minimum atomic E-state index is -1.73. The predicted octanol–water partition coefficient (Wildman–Crippen LogP) is 3.42. The first-order chi connectivity index (χ1) is 16.3. The lowest BCUT2D eigenvalue weighted by Crippen LogP contribution is -2.54. The molecule has 1 heterocycles. The Morgan fingerprint density at radius 1 is 1.17 bits per heavy atom. The van der Waals surface area contributed by atoms with E-state index in [1.54, 1.807) is 6.92 Å². The van der Waals surface area contributed by atoms with E-state index >= 15 is 0 Å². The third kappa shape index (κ3) is 5.59. The molecule has 3 rings (SSSR count). The Kier molecular flexibility index (Phi) is 7.47. The molecular weight excluding hydrogens is 465 g/mol. The van der Waals surface area contributed by atoms with E-state index in [0.29, 0.717) is 25.3 Å². The molecule has 1 saturated heterocycles. The monoisotopic (exact) mass is 496 g/mol. The molecule has 1 aliphatic carbocycles. The van der Waals surface area contributed by atoms with E-state index in [1.807, 2.05) is 20.8 Å². The molecule has 2 aliphatic rings. The van der Waals surface area contributed by atoms with Crippen molar-refractivity contribution in [3.63, 3.8) is 0 Å². The van der Waals surface area contributed by atoms with Crippen LogP contribution in [0, 0.1) is 28.8 Å². The number of nitrogens with zero attached hydrogens (tertiary/aromatic N) is 2. The highest BCUT2D eigenvalue weighted by Crippen LogP contribution is 2.46. The molecule has 2 atom stereocenters. The van der Waals surface area contributed by atoms with Gasteiger partial charge in [0.2, 0.25) is 11.8 Å². The SMILES string of the molecule is CCCN(CC(=O)Nc1ccc(F)c(F)c1F)C(=O)CN1C(=O)N[C@@]2(C[C@H](C)CC(C)(C)C2)C1=O.